The number of hydrogen-bond donors (Lipinski definition) is 3. The smallest absolute Gasteiger partial charge is 0.124 e. The van der Waals surface area contributed by atoms with E-state index in [0.717, 1.165) is 0 Å². The SMILES string of the molecule is [N-]=[N+]=NCC(O)C(O)c1ncc(Cl)cc1N. The van der Waals surface area contributed by atoms with Crippen LogP contribution in [0.15, 0.2) is 17.4 Å². The molecular formula is C8H10ClN5O2. The van der Waals surface area contributed by atoms with Gasteiger partial charge in [0.15, 0.2) is 0 Å². The predicted molar refractivity (Wildman–Crippen MR) is 58.6 cm³/mol. The van der Waals surface area contributed by atoms with Crippen molar-refractivity contribution in [3.05, 3.63) is 33.4 Å². The normalized spacial score (nSPS) is 13.9. The zero-order valence-electron chi connectivity index (χ0n) is 8.16. The number of nitrogens with two attached hydrogens (primary N) is 1. The number of azide groups is 1. The van der Waals surface area contributed by atoms with Crippen LogP contribution < -0.4 is 5.73 Å². The Kier molecular flexibility index (Phi) is 4.33. The molecule has 0 aliphatic heterocycles. The maximum absolute atomic E-state index is 9.67. The third kappa shape index (κ3) is 2.98. The van der Waals surface area contributed by atoms with Crippen LogP contribution in [0.4, 0.5) is 5.69 Å². The summed E-state index contributed by atoms with van der Waals surface area (Å²) in [5, 5.41) is 22.6. The molecule has 0 saturated heterocycles. The molecule has 1 rings (SSSR count). The highest BCUT2D eigenvalue weighted by Crippen LogP contribution is 2.23. The van der Waals surface area contributed by atoms with Gasteiger partial charge in [-0.2, -0.15) is 0 Å². The molecule has 0 saturated carbocycles. The average molecular weight is 244 g/mol. The fourth-order valence-electron chi connectivity index (χ4n) is 1.11. The van der Waals surface area contributed by atoms with Gasteiger partial charge < -0.3 is 15.9 Å². The molecule has 0 radical (unpaired) electrons. The van der Waals surface area contributed by atoms with Crippen molar-refractivity contribution in [2.45, 2.75) is 12.2 Å². The number of pyridine rings is 1. The quantitative estimate of drug-likeness (QED) is 0.414. The van der Waals surface area contributed by atoms with E-state index in [-0.39, 0.29) is 17.9 Å². The molecule has 0 bridgehead atoms. The summed E-state index contributed by atoms with van der Waals surface area (Å²) in [5.74, 6) is 0. The zero-order chi connectivity index (χ0) is 12.1. The van der Waals surface area contributed by atoms with Crippen LogP contribution in [0.25, 0.3) is 10.4 Å². The number of aliphatic hydroxyl groups excluding tert-OH is 2. The highest BCUT2D eigenvalue weighted by Gasteiger charge is 2.21. The Morgan fingerprint density at radius 2 is 2.31 bits per heavy atom. The van der Waals surface area contributed by atoms with Crippen LogP contribution in [0.3, 0.4) is 0 Å². The van der Waals surface area contributed by atoms with Crippen LogP contribution in [0, 0.1) is 0 Å². The van der Waals surface area contributed by atoms with Gasteiger partial charge in [0.1, 0.15) is 6.10 Å². The maximum atomic E-state index is 9.67. The van der Waals surface area contributed by atoms with E-state index in [1.54, 1.807) is 0 Å². The van der Waals surface area contributed by atoms with Gasteiger partial charge in [-0.15, -0.1) is 0 Å². The van der Waals surface area contributed by atoms with Crippen molar-refractivity contribution >= 4 is 17.3 Å². The number of aliphatic hydroxyl groups is 2. The molecule has 0 spiro atoms. The van der Waals surface area contributed by atoms with Crippen molar-refractivity contribution in [1.82, 2.24) is 4.98 Å². The lowest BCUT2D eigenvalue weighted by atomic mass is 10.1. The minimum atomic E-state index is -1.32. The third-order valence-corrected chi connectivity index (χ3v) is 2.10. The molecule has 0 fully saturated rings. The van der Waals surface area contributed by atoms with Gasteiger partial charge in [-0.05, 0) is 11.6 Å². The van der Waals surface area contributed by atoms with Gasteiger partial charge >= 0.3 is 0 Å². The molecular weight excluding hydrogens is 234 g/mol. The second-order valence-corrected chi connectivity index (χ2v) is 3.49. The molecule has 86 valence electrons. The van der Waals surface area contributed by atoms with Gasteiger partial charge in [-0.1, -0.05) is 16.7 Å². The predicted octanol–water partition coefficient (Wildman–Crippen LogP) is 1.02. The van der Waals surface area contributed by atoms with E-state index in [2.05, 4.69) is 15.0 Å². The molecule has 0 aliphatic carbocycles. The molecule has 1 aromatic heterocycles. The number of nitrogens with zero attached hydrogens (tertiary/aromatic N) is 4. The summed E-state index contributed by atoms with van der Waals surface area (Å²) in [6.45, 7) is -0.262. The van der Waals surface area contributed by atoms with E-state index in [1.165, 1.54) is 12.3 Å². The first-order chi connectivity index (χ1) is 7.56. The number of aromatic nitrogens is 1. The van der Waals surface area contributed by atoms with Crippen LogP contribution >= 0.6 is 11.6 Å². The fraction of sp³-hybridized carbons (Fsp3) is 0.375. The van der Waals surface area contributed by atoms with Crippen LogP contribution in [0.2, 0.25) is 5.02 Å². The lowest BCUT2D eigenvalue weighted by Gasteiger charge is -2.16. The molecule has 7 nitrogen and oxygen atoms in total. The first-order valence-electron chi connectivity index (χ1n) is 4.34. The highest BCUT2D eigenvalue weighted by molar-refractivity contribution is 6.30. The lowest BCUT2D eigenvalue weighted by molar-refractivity contribution is 0.0223. The van der Waals surface area contributed by atoms with E-state index < -0.39 is 12.2 Å². The number of halogens is 1. The van der Waals surface area contributed by atoms with Crippen molar-refractivity contribution < 1.29 is 10.2 Å². The van der Waals surface area contributed by atoms with Crippen molar-refractivity contribution in [1.29, 1.82) is 0 Å². The van der Waals surface area contributed by atoms with Crippen molar-refractivity contribution in [2.24, 2.45) is 5.11 Å². The Bertz CT molecular complexity index is 421. The van der Waals surface area contributed by atoms with E-state index in [9.17, 15) is 10.2 Å². The fourth-order valence-corrected chi connectivity index (χ4v) is 1.28. The second kappa shape index (κ2) is 5.53. The van der Waals surface area contributed by atoms with Gasteiger partial charge in [0.05, 0.1) is 29.1 Å². The molecule has 16 heavy (non-hydrogen) atoms. The number of anilines is 1. The van der Waals surface area contributed by atoms with Crippen LogP contribution in [0.1, 0.15) is 11.8 Å². The number of hydrogen-bond acceptors (Lipinski definition) is 5. The van der Waals surface area contributed by atoms with E-state index >= 15 is 0 Å². The summed E-state index contributed by atoms with van der Waals surface area (Å²) in [5.41, 5.74) is 13.9. The van der Waals surface area contributed by atoms with Crippen molar-refractivity contribution in [2.75, 3.05) is 12.3 Å². The van der Waals surface area contributed by atoms with Gasteiger partial charge in [-0.3, -0.25) is 4.98 Å². The standard InChI is InChI=1S/C8H10ClN5O2/c9-4-1-5(10)7(12-2-4)8(16)6(15)3-13-14-11/h1-2,6,8,15-16H,3,10H2. The topological polar surface area (TPSA) is 128 Å². The van der Waals surface area contributed by atoms with Gasteiger partial charge in [0.2, 0.25) is 0 Å². The van der Waals surface area contributed by atoms with Gasteiger partial charge in [-0.25, -0.2) is 0 Å². The number of rotatable bonds is 4. The monoisotopic (exact) mass is 243 g/mol. The Hall–Kier alpha value is -1.53. The largest absolute Gasteiger partial charge is 0.397 e. The molecule has 4 N–H and O–H groups in total. The maximum Gasteiger partial charge on any atom is 0.124 e. The molecule has 2 atom stereocenters. The summed E-state index contributed by atoms with van der Waals surface area (Å²) in [6.07, 6.45) is -1.27. The van der Waals surface area contributed by atoms with E-state index in [4.69, 9.17) is 22.9 Å². The Labute approximate surface area is 96.1 Å². The highest BCUT2D eigenvalue weighted by atomic mass is 35.5. The molecule has 1 aromatic rings. The minimum absolute atomic E-state index is 0.102. The summed E-state index contributed by atoms with van der Waals surface area (Å²) < 4.78 is 0. The summed E-state index contributed by atoms with van der Waals surface area (Å²) >= 11 is 5.63. The summed E-state index contributed by atoms with van der Waals surface area (Å²) in [6, 6.07) is 1.41. The van der Waals surface area contributed by atoms with Crippen LogP contribution in [0.5, 0.6) is 0 Å². The Balaban J connectivity index is 2.86. The molecule has 2 unspecified atom stereocenters. The second-order valence-electron chi connectivity index (χ2n) is 3.05. The van der Waals surface area contributed by atoms with Crippen molar-refractivity contribution in [3.8, 4) is 0 Å². The summed E-state index contributed by atoms with van der Waals surface area (Å²) in [4.78, 5) is 6.27. The lowest BCUT2D eigenvalue weighted by Crippen LogP contribution is -2.23. The van der Waals surface area contributed by atoms with E-state index in [1.807, 2.05) is 0 Å². The average Bonchev–Trinajstić information content (AvgIpc) is 2.25. The third-order valence-electron chi connectivity index (χ3n) is 1.89. The van der Waals surface area contributed by atoms with Crippen LogP contribution in [-0.4, -0.2) is 27.8 Å². The first-order valence-corrected chi connectivity index (χ1v) is 4.72. The number of nitrogen functional groups attached to an aromatic ring is 1. The zero-order valence-corrected chi connectivity index (χ0v) is 8.91. The van der Waals surface area contributed by atoms with Crippen LogP contribution in [-0.2, 0) is 0 Å². The molecule has 0 aromatic carbocycles. The molecule has 0 aliphatic rings. The van der Waals surface area contributed by atoms with E-state index in [0.29, 0.717) is 5.02 Å². The molecule has 0 amide bonds. The first kappa shape index (κ1) is 12.5. The molecule has 1 heterocycles. The van der Waals surface area contributed by atoms with Gasteiger partial charge in [0.25, 0.3) is 0 Å². The van der Waals surface area contributed by atoms with Gasteiger partial charge in [0, 0.05) is 11.1 Å². The summed E-state index contributed by atoms with van der Waals surface area (Å²) in [7, 11) is 0. The Morgan fingerprint density at radius 3 is 2.88 bits per heavy atom. The minimum Gasteiger partial charge on any atom is -0.397 e. The Morgan fingerprint density at radius 1 is 1.62 bits per heavy atom. The molecule has 8 heteroatoms. The van der Waals surface area contributed by atoms with Crippen molar-refractivity contribution in [3.63, 3.8) is 0 Å².